The van der Waals surface area contributed by atoms with E-state index in [2.05, 4.69) is 23.7 Å². The lowest BCUT2D eigenvalue weighted by Crippen LogP contribution is -1.92. The van der Waals surface area contributed by atoms with Gasteiger partial charge in [0.05, 0.1) is 5.56 Å². The van der Waals surface area contributed by atoms with Gasteiger partial charge in [0.2, 0.25) is 0 Å². The molecule has 1 nitrogen and oxygen atoms in total. The summed E-state index contributed by atoms with van der Waals surface area (Å²) in [7, 11) is 0. The fourth-order valence-corrected chi connectivity index (χ4v) is 2.95. The first kappa shape index (κ1) is 20.7. The lowest BCUT2D eigenvalue weighted by Gasteiger charge is -1.99. The van der Waals surface area contributed by atoms with Crippen LogP contribution in [-0.2, 0) is 4.79 Å². The Morgan fingerprint density at radius 1 is 1.00 bits per heavy atom. The van der Waals surface area contributed by atoms with Gasteiger partial charge in [-0.25, -0.2) is 8.78 Å². The van der Waals surface area contributed by atoms with E-state index in [4.69, 9.17) is 0 Å². The van der Waals surface area contributed by atoms with E-state index >= 15 is 0 Å². The van der Waals surface area contributed by atoms with E-state index in [1.165, 1.54) is 23.9 Å². The molecule has 4 heteroatoms. The number of thioether (sulfide) groups is 1. The Labute approximate surface area is 163 Å². The van der Waals surface area contributed by atoms with Crippen molar-refractivity contribution in [2.45, 2.75) is 33.1 Å². The SMILES string of the molecule is CC(=O)SCCCCC#Cc1cc(F)c(C#Cc2cccc(C)c2)c(F)c1. The van der Waals surface area contributed by atoms with Crippen molar-refractivity contribution in [1.82, 2.24) is 0 Å². The molecule has 0 spiro atoms. The molecule has 0 unspecified atom stereocenters. The number of halogens is 2. The maximum Gasteiger partial charge on any atom is 0.185 e. The fourth-order valence-electron chi connectivity index (χ4n) is 2.32. The number of benzene rings is 2. The van der Waals surface area contributed by atoms with Crippen molar-refractivity contribution in [3.05, 3.63) is 70.3 Å². The van der Waals surface area contributed by atoms with Crippen LogP contribution in [0, 0.1) is 42.2 Å². The molecule has 0 heterocycles. The highest BCUT2D eigenvalue weighted by Crippen LogP contribution is 2.15. The summed E-state index contributed by atoms with van der Waals surface area (Å²) in [5, 5.41) is 0.109. The minimum absolute atomic E-state index is 0.109. The molecular formula is C23H20F2OS. The molecule has 2 aromatic rings. The predicted octanol–water partition coefficient (Wildman–Crippen LogP) is 5.47. The Hall–Kier alpha value is -2.56. The summed E-state index contributed by atoms with van der Waals surface area (Å²) in [6.07, 6.45) is 2.35. The van der Waals surface area contributed by atoms with Crippen LogP contribution in [0.25, 0.3) is 0 Å². The number of hydrogen-bond acceptors (Lipinski definition) is 2. The van der Waals surface area contributed by atoms with E-state index in [-0.39, 0.29) is 10.7 Å². The summed E-state index contributed by atoms with van der Waals surface area (Å²) in [5.74, 6) is 10.4. The van der Waals surface area contributed by atoms with E-state index in [1.807, 2.05) is 25.1 Å². The van der Waals surface area contributed by atoms with Gasteiger partial charge in [-0.05, 0) is 49.6 Å². The standard InChI is InChI=1S/C23H20F2OS/c1-17-8-7-10-19(14-17)11-12-21-22(24)15-20(16-23(21)25)9-5-3-4-6-13-27-18(2)26/h7-8,10,14-16H,3-4,6,13H2,1-2H3. The first-order valence-electron chi connectivity index (χ1n) is 8.65. The predicted molar refractivity (Wildman–Crippen MR) is 107 cm³/mol. The molecule has 0 aliphatic carbocycles. The van der Waals surface area contributed by atoms with Gasteiger partial charge < -0.3 is 0 Å². The summed E-state index contributed by atoms with van der Waals surface area (Å²) in [6, 6.07) is 9.86. The summed E-state index contributed by atoms with van der Waals surface area (Å²) >= 11 is 1.30. The molecule has 0 N–H and O–H groups in total. The lowest BCUT2D eigenvalue weighted by molar-refractivity contribution is -0.109. The van der Waals surface area contributed by atoms with Crippen LogP contribution in [0.1, 0.15) is 48.4 Å². The van der Waals surface area contributed by atoms with Gasteiger partial charge in [0, 0.05) is 30.2 Å². The molecule has 2 rings (SSSR count). The minimum atomic E-state index is -0.711. The third kappa shape index (κ3) is 7.29. The summed E-state index contributed by atoms with van der Waals surface area (Å²) < 4.78 is 28.4. The molecule has 2 aromatic carbocycles. The molecule has 138 valence electrons. The highest BCUT2D eigenvalue weighted by Gasteiger charge is 2.08. The second kappa shape index (κ2) is 10.6. The third-order valence-corrected chi connectivity index (χ3v) is 4.53. The molecular weight excluding hydrogens is 362 g/mol. The van der Waals surface area contributed by atoms with Crippen molar-refractivity contribution in [3.8, 4) is 23.7 Å². The highest BCUT2D eigenvalue weighted by molar-refractivity contribution is 8.13. The van der Waals surface area contributed by atoms with Crippen LogP contribution in [-0.4, -0.2) is 10.9 Å². The van der Waals surface area contributed by atoms with Crippen LogP contribution in [0.15, 0.2) is 36.4 Å². The van der Waals surface area contributed by atoms with Crippen molar-refractivity contribution >= 4 is 16.9 Å². The minimum Gasteiger partial charge on any atom is -0.288 e. The van der Waals surface area contributed by atoms with E-state index in [9.17, 15) is 13.6 Å². The van der Waals surface area contributed by atoms with Gasteiger partial charge in [-0.2, -0.15) is 0 Å². The number of unbranched alkanes of at least 4 members (excludes halogenated alkanes) is 2. The van der Waals surface area contributed by atoms with Crippen molar-refractivity contribution in [3.63, 3.8) is 0 Å². The van der Waals surface area contributed by atoms with Gasteiger partial charge in [0.15, 0.2) is 5.12 Å². The average Bonchev–Trinajstić information content (AvgIpc) is 2.60. The van der Waals surface area contributed by atoms with Crippen molar-refractivity contribution < 1.29 is 13.6 Å². The van der Waals surface area contributed by atoms with Crippen LogP contribution in [0.3, 0.4) is 0 Å². The van der Waals surface area contributed by atoms with Crippen LogP contribution in [0.4, 0.5) is 8.78 Å². The fraction of sp³-hybridized carbons (Fsp3) is 0.261. The Morgan fingerprint density at radius 2 is 1.74 bits per heavy atom. The number of carbonyl (C=O) groups excluding carboxylic acids is 1. The first-order chi connectivity index (χ1) is 13.0. The largest absolute Gasteiger partial charge is 0.288 e. The molecule has 0 saturated carbocycles. The van der Waals surface area contributed by atoms with Crippen LogP contribution < -0.4 is 0 Å². The average molecular weight is 382 g/mol. The quantitative estimate of drug-likeness (QED) is 0.515. The van der Waals surface area contributed by atoms with Gasteiger partial charge in [-0.1, -0.05) is 47.6 Å². The lowest BCUT2D eigenvalue weighted by atomic mass is 10.1. The van der Waals surface area contributed by atoms with E-state index < -0.39 is 11.6 Å². The van der Waals surface area contributed by atoms with Gasteiger partial charge in [0.1, 0.15) is 11.6 Å². The molecule has 0 saturated heterocycles. The van der Waals surface area contributed by atoms with Crippen molar-refractivity contribution in [2.24, 2.45) is 0 Å². The van der Waals surface area contributed by atoms with E-state index in [0.717, 1.165) is 24.2 Å². The molecule has 0 aromatic heterocycles. The van der Waals surface area contributed by atoms with Crippen molar-refractivity contribution in [1.29, 1.82) is 0 Å². The highest BCUT2D eigenvalue weighted by atomic mass is 32.2. The molecule has 0 atom stereocenters. The zero-order valence-corrected chi connectivity index (χ0v) is 16.2. The van der Waals surface area contributed by atoms with Crippen molar-refractivity contribution in [2.75, 3.05) is 5.75 Å². The normalized spacial score (nSPS) is 9.78. The Balaban J connectivity index is 2.01. The van der Waals surface area contributed by atoms with Gasteiger partial charge in [0.25, 0.3) is 0 Å². The van der Waals surface area contributed by atoms with Crippen LogP contribution in [0.2, 0.25) is 0 Å². The maximum atomic E-state index is 14.2. The molecule has 0 bridgehead atoms. The monoisotopic (exact) mass is 382 g/mol. The molecule has 0 fully saturated rings. The number of aryl methyl sites for hydroxylation is 1. The Bertz CT molecular complexity index is 919. The second-order valence-corrected chi connectivity index (χ2v) is 7.31. The van der Waals surface area contributed by atoms with Crippen LogP contribution >= 0.6 is 11.8 Å². The Kier molecular flexibility index (Phi) is 8.11. The zero-order chi connectivity index (χ0) is 19.6. The van der Waals surface area contributed by atoms with Gasteiger partial charge in [-0.15, -0.1) is 0 Å². The summed E-state index contributed by atoms with van der Waals surface area (Å²) in [5.41, 5.74) is 1.79. The molecule has 27 heavy (non-hydrogen) atoms. The van der Waals surface area contributed by atoms with E-state index in [0.29, 0.717) is 17.5 Å². The van der Waals surface area contributed by atoms with E-state index in [1.54, 1.807) is 13.0 Å². The van der Waals surface area contributed by atoms with Crippen LogP contribution in [0.5, 0.6) is 0 Å². The maximum absolute atomic E-state index is 14.2. The number of rotatable bonds is 4. The molecule has 0 aliphatic heterocycles. The van der Waals surface area contributed by atoms with Gasteiger partial charge in [-0.3, -0.25) is 4.79 Å². The van der Waals surface area contributed by atoms with Gasteiger partial charge >= 0.3 is 0 Å². The molecule has 0 amide bonds. The summed E-state index contributed by atoms with van der Waals surface area (Å²) in [4.78, 5) is 10.8. The topological polar surface area (TPSA) is 17.1 Å². The smallest absolute Gasteiger partial charge is 0.185 e. The second-order valence-electron chi connectivity index (χ2n) is 6.03. The Morgan fingerprint density at radius 3 is 2.41 bits per heavy atom. The molecule has 0 aliphatic rings. The first-order valence-corrected chi connectivity index (χ1v) is 9.64. The zero-order valence-electron chi connectivity index (χ0n) is 15.4. The molecule has 0 radical (unpaired) electrons. The number of carbonyl (C=O) groups is 1. The number of hydrogen-bond donors (Lipinski definition) is 0. The third-order valence-electron chi connectivity index (χ3n) is 3.63. The summed E-state index contributed by atoms with van der Waals surface area (Å²) in [6.45, 7) is 3.48.